The molecule has 1 fully saturated rings. The predicted octanol–water partition coefficient (Wildman–Crippen LogP) is 2.06. The molecule has 2 aliphatic heterocycles. The fourth-order valence-corrected chi connectivity index (χ4v) is 5.05. The number of likely N-dealkylation sites (tertiary alicyclic amines) is 1. The number of carbonyl (C=O) groups is 1. The van der Waals surface area contributed by atoms with E-state index in [0.29, 0.717) is 31.3 Å². The molecule has 156 valence electrons. The number of nitrogens with two attached hydrogens (primary N) is 1. The number of carbonyl (C=O) groups excluding carboxylic acids is 1. The first kappa shape index (κ1) is 19.9. The quantitative estimate of drug-likeness (QED) is 0.780. The van der Waals surface area contributed by atoms with Crippen LogP contribution in [0.1, 0.15) is 56.5 Å². The van der Waals surface area contributed by atoms with Gasteiger partial charge in [-0.1, -0.05) is 19.9 Å². The fraction of sp³-hybridized carbons (Fsp3) is 0.591. The van der Waals surface area contributed by atoms with Gasteiger partial charge in [-0.2, -0.15) is 0 Å². The highest BCUT2D eigenvalue weighted by molar-refractivity contribution is 5.82. The maximum Gasteiger partial charge on any atom is 0.250 e. The number of piperidine rings is 1. The van der Waals surface area contributed by atoms with Crippen molar-refractivity contribution in [2.24, 2.45) is 17.6 Å². The number of fused-ring (bicyclic) bond motifs is 4. The van der Waals surface area contributed by atoms with Gasteiger partial charge in [0.05, 0.1) is 12.4 Å². The second kappa shape index (κ2) is 8.14. The van der Waals surface area contributed by atoms with Gasteiger partial charge in [-0.15, -0.1) is 0 Å². The van der Waals surface area contributed by atoms with E-state index in [2.05, 4.69) is 29.9 Å². The van der Waals surface area contributed by atoms with Crippen molar-refractivity contribution in [2.45, 2.75) is 57.5 Å². The first-order valence-corrected chi connectivity index (χ1v) is 10.7. The van der Waals surface area contributed by atoms with E-state index in [4.69, 9.17) is 5.73 Å². The van der Waals surface area contributed by atoms with E-state index < -0.39 is 6.04 Å². The molecular weight excluding hydrogens is 366 g/mol. The summed E-state index contributed by atoms with van der Waals surface area (Å²) in [6, 6.07) is 5.14. The van der Waals surface area contributed by atoms with E-state index in [1.807, 2.05) is 15.5 Å². The third kappa shape index (κ3) is 4.01. The Bertz CT molecular complexity index is 904. The van der Waals surface area contributed by atoms with Crippen LogP contribution in [-0.2, 0) is 11.2 Å². The molecule has 4 atom stereocenters. The summed E-state index contributed by atoms with van der Waals surface area (Å²) < 4.78 is 2.02. The van der Waals surface area contributed by atoms with E-state index in [1.54, 1.807) is 18.6 Å². The van der Waals surface area contributed by atoms with Gasteiger partial charge in [0.15, 0.2) is 0 Å². The number of imidazole rings is 1. The highest BCUT2D eigenvalue weighted by Crippen LogP contribution is 2.43. The standard InChI is InChI=1S/C22H31N5O2/c1-14(2)6-7-20-16-8-15(19-4-3-5-21(28)27(19)20)11-26(12-16)22(29)18(23)9-17-10-24-13-25-17/h3-5,10,13-16,18,20H,6-9,11-12,23H2,1-2H3,(H,24,25)/t15-,16+,18+,20+/m1/s1. The first-order chi connectivity index (χ1) is 13.9. The monoisotopic (exact) mass is 397 g/mol. The molecule has 0 spiro atoms. The zero-order valence-corrected chi connectivity index (χ0v) is 17.3. The molecule has 2 bridgehead atoms. The van der Waals surface area contributed by atoms with Crippen LogP contribution in [0.25, 0.3) is 0 Å². The normalized spacial score (nSPS) is 24.4. The summed E-state index contributed by atoms with van der Waals surface area (Å²) in [5, 5.41) is 0. The molecule has 0 aromatic carbocycles. The minimum absolute atomic E-state index is 0.0105. The van der Waals surface area contributed by atoms with Gasteiger partial charge in [0.1, 0.15) is 0 Å². The largest absolute Gasteiger partial charge is 0.348 e. The lowest BCUT2D eigenvalue weighted by molar-refractivity contribution is -0.135. The van der Waals surface area contributed by atoms with Crippen LogP contribution in [0.2, 0.25) is 0 Å². The molecular formula is C22H31N5O2. The van der Waals surface area contributed by atoms with Gasteiger partial charge >= 0.3 is 0 Å². The Balaban J connectivity index is 1.57. The fourth-order valence-electron chi connectivity index (χ4n) is 5.05. The van der Waals surface area contributed by atoms with Crippen LogP contribution in [0.3, 0.4) is 0 Å². The number of nitrogens with zero attached hydrogens (tertiary/aromatic N) is 3. The number of hydrogen-bond acceptors (Lipinski definition) is 4. The van der Waals surface area contributed by atoms with Gasteiger partial charge in [0.25, 0.3) is 5.56 Å². The SMILES string of the molecule is CC(C)CC[C@H]1[C@H]2C[C@H](CN(C(=O)[C@@H](N)Cc3cnc[nH]3)C2)c2cccc(=O)n21. The second-order valence-electron chi connectivity index (χ2n) is 9.02. The summed E-state index contributed by atoms with van der Waals surface area (Å²) in [5.41, 5.74) is 8.27. The Labute approximate surface area is 171 Å². The number of amides is 1. The molecule has 3 N–H and O–H groups in total. The number of aromatic nitrogens is 3. The molecule has 0 unspecified atom stereocenters. The molecule has 1 saturated heterocycles. The van der Waals surface area contributed by atoms with E-state index in [1.165, 1.54) is 0 Å². The lowest BCUT2D eigenvalue weighted by atomic mass is 9.76. The topological polar surface area (TPSA) is 97.0 Å². The van der Waals surface area contributed by atoms with Crippen molar-refractivity contribution in [3.8, 4) is 0 Å². The zero-order valence-electron chi connectivity index (χ0n) is 17.3. The van der Waals surface area contributed by atoms with Crippen LogP contribution in [-0.4, -0.2) is 44.5 Å². The molecule has 2 aromatic rings. The third-order valence-electron chi connectivity index (χ3n) is 6.46. The lowest BCUT2D eigenvalue weighted by Crippen LogP contribution is -2.54. The maximum absolute atomic E-state index is 13.1. The summed E-state index contributed by atoms with van der Waals surface area (Å²) in [6.07, 6.45) is 6.84. The molecule has 29 heavy (non-hydrogen) atoms. The molecule has 7 heteroatoms. The van der Waals surface area contributed by atoms with E-state index in [0.717, 1.165) is 30.7 Å². The molecule has 2 aliphatic rings. The third-order valence-corrected chi connectivity index (χ3v) is 6.46. The van der Waals surface area contributed by atoms with Crippen molar-refractivity contribution in [3.05, 3.63) is 52.5 Å². The van der Waals surface area contributed by atoms with Gasteiger partial charge < -0.3 is 20.2 Å². The summed E-state index contributed by atoms with van der Waals surface area (Å²) in [6.45, 7) is 5.73. The predicted molar refractivity (Wildman–Crippen MR) is 112 cm³/mol. The number of hydrogen-bond donors (Lipinski definition) is 2. The second-order valence-corrected chi connectivity index (χ2v) is 9.02. The van der Waals surface area contributed by atoms with E-state index in [9.17, 15) is 9.59 Å². The number of aromatic amines is 1. The van der Waals surface area contributed by atoms with Crippen LogP contribution in [0.5, 0.6) is 0 Å². The van der Waals surface area contributed by atoms with E-state index >= 15 is 0 Å². The number of rotatable bonds is 6. The maximum atomic E-state index is 13.1. The van der Waals surface area contributed by atoms with Crippen molar-refractivity contribution >= 4 is 5.91 Å². The minimum Gasteiger partial charge on any atom is -0.348 e. The Morgan fingerprint density at radius 1 is 1.34 bits per heavy atom. The molecule has 0 saturated carbocycles. The van der Waals surface area contributed by atoms with Gasteiger partial charge in [-0.3, -0.25) is 9.59 Å². The summed E-state index contributed by atoms with van der Waals surface area (Å²) in [5.74, 6) is 1.06. The van der Waals surface area contributed by atoms with Crippen molar-refractivity contribution in [1.29, 1.82) is 0 Å². The van der Waals surface area contributed by atoms with E-state index in [-0.39, 0.29) is 23.4 Å². The minimum atomic E-state index is -0.582. The smallest absolute Gasteiger partial charge is 0.250 e. The Kier molecular flexibility index (Phi) is 5.58. The average molecular weight is 398 g/mol. The summed E-state index contributed by atoms with van der Waals surface area (Å²) >= 11 is 0. The molecule has 4 rings (SSSR count). The summed E-state index contributed by atoms with van der Waals surface area (Å²) in [4.78, 5) is 34.8. The molecule has 0 radical (unpaired) electrons. The molecule has 4 heterocycles. The number of pyridine rings is 1. The zero-order chi connectivity index (χ0) is 20.5. The first-order valence-electron chi connectivity index (χ1n) is 10.7. The average Bonchev–Trinajstić information content (AvgIpc) is 3.20. The Morgan fingerprint density at radius 2 is 2.17 bits per heavy atom. The van der Waals surface area contributed by atoms with Crippen molar-refractivity contribution in [1.82, 2.24) is 19.4 Å². The van der Waals surface area contributed by atoms with Gasteiger partial charge in [0.2, 0.25) is 5.91 Å². The van der Waals surface area contributed by atoms with Crippen LogP contribution in [0.4, 0.5) is 0 Å². The number of nitrogens with one attached hydrogen (secondary N) is 1. The summed E-state index contributed by atoms with van der Waals surface area (Å²) in [7, 11) is 0. The molecule has 2 aromatic heterocycles. The molecule has 0 aliphatic carbocycles. The van der Waals surface area contributed by atoms with Crippen molar-refractivity contribution in [3.63, 3.8) is 0 Å². The van der Waals surface area contributed by atoms with Gasteiger partial charge in [0, 0.05) is 55.1 Å². The lowest BCUT2D eigenvalue weighted by Gasteiger charge is -2.47. The van der Waals surface area contributed by atoms with Crippen LogP contribution < -0.4 is 11.3 Å². The van der Waals surface area contributed by atoms with Crippen LogP contribution in [0.15, 0.2) is 35.5 Å². The van der Waals surface area contributed by atoms with Crippen LogP contribution in [0, 0.1) is 11.8 Å². The molecule has 1 amide bonds. The van der Waals surface area contributed by atoms with Crippen molar-refractivity contribution in [2.75, 3.05) is 13.1 Å². The highest BCUT2D eigenvalue weighted by atomic mass is 16.2. The highest BCUT2D eigenvalue weighted by Gasteiger charge is 2.42. The van der Waals surface area contributed by atoms with Crippen LogP contribution >= 0.6 is 0 Å². The molecule has 7 nitrogen and oxygen atoms in total. The Morgan fingerprint density at radius 3 is 2.90 bits per heavy atom. The Hall–Kier alpha value is -2.41. The number of H-pyrrole nitrogens is 1. The van der Waals surface area contributed by atoms with Gasteiger partial charge in [-0.05, 0) is 37.2 Å². The van der Waals surface area contributed by atoms with Gasteiger partial charge in [-0.25, -0.2) is 4.98 Å². The van der Waals surface area contributed by atoms with Crippen molar-refractivity contribution < 1.29 is 4.79 Å².